The minimum atomic E-state index is -5.08. The fraction of sp³-hybridized carbons (Fsp3) is 0.350. The average molecular weight is 444 g/mol. The summed E-state index contributed by atoms with van der Waals surface area (Å²) in [6, 6.07) is 6.28. The van der Waals surface area contributed by atoms with Crippen LogP contribution in [0.4, 0.5) is 26.3 Å². The van der Waals surface area contributed by atoms with Gasteiger partial charge in [0.1, 0.15) is 5.75 Å². The van der Waals surface area contributed by atoms with E-state index in [1.807, 2.05) is 13.8 Å². The summed E-state index contributed by atoms with van der Waals surface area (Å²) in [5.41, 5.74) is -5.18. The molecule has 0 aliphatic heterocycles. The maximum absolute atomic E-state index is 13.3. The van der Waals surface area contributed by atoms with Gasteiger partial charge in [0.25, 0.3) is 0 Å². The van der Waals surface area contributed by atoms with Gasteiger partial charge < -0.3 is 6.16 Å². The maximum atomic E-state index is 13.3. The summed E-state index contributed by atoms with van der Waals surface area (Å²) in [5.74, 6) is 0.793. The van der Waals surface area contributed by atoms with Gasteiger partial charge in [-0.1, -0.05) is 26.0 Å². The molecule has 0 aliphatic carbocycles. The Morgan fingerprint density at radius 2 is 1.57 bits per heavy atom. The molecular weight excluding hydrogens is 424 g/mol. The van der Waals surface area contributed by atoms with Crippen molar-refractivity contribution in [2.75, 3.05) is 6.61 Å². The molecule has 0 radical (unpaired) electrons. The zero-order valence-electron chi connectivity index (χ0n) is 17.8. The number of ether oxygens (including phenoxy) is 1. The van der Waals surface area contributed by atoms with Gasteiger partial charge >= 0.3 is 31.2 Å². The molecule has 30 heavy (non-hydrogen) atoms. The molecule has 0 saturated heterocycles. The van der Waals surface area contributed by atoms with Gasteiger partial charge in [0.2, 0.25) is 0 Å². The van der Waals surface area contributed by atoms with Crippen LogP contribution in [0.2, 0.25) is 0 Å². The summed E-state index contributed by atoms with van der Waals surface area (Å²) >= 11 is 0. The molecule has 0 aromatic heterocycles. The summed E-state index contributed by atoms with van der Waals surface area (Å²) in [6.07, 6.45) is -10.2. The first-order chi connectivity index (χ1) is 13.3. The van der Waals surface area contributed by atoms with Crippen LogP contribution < -0.4 is 28.9 Å². The third-order valence-corrected chi connectivity index (χ3v) is 5.24. The van der Waals surface area contributed by atoms with Crippen molar-refractivity contribution in [1.29, 1.82) is 0 Å². The Hall–Kier alpha value is -1.48. The zero-order chi connectivity index (χ0) is 22.0. The predicted molar refractivity (Wildman–Crippen MR) is 101 cm³/mol. The smallest absolute Gasteiger partial charge is 1.00 e. The van der Waals surface area contributed by atoms with Gasteiger partial charge in [-0.15, -0.1) is 0 Å². The van der Waals surface area contributed by atoms with Crippen molar-refractivity contribution in [1.82, 2.24) is 0 Å². The monoisotopic (exact) mass is 444 g/mol. The Balaban J connectivity index is 0.00000450. The first-order valence-corrected chi connectivity index (χ1v) is 9.63. The Morgan fingerprint density at radius 1 is 1.03 bits per heavy atom. The number of benzene rings is 2. The van der Waals surface area contributed by atoms with Crippen LogP contribution in [0.5, 0.6) is 5.75 Å². The van der Waals surface area contributed by atoms with Gasteiger partial charge in [0.15, 0.2) is 5.52 Å². The molecule has 0 N–H and O–H groups in total. The van der Waals surface area contributed by atoms with Gasteiger partial charge in [-0.3, -0.25) is 4.79 Å². The molecule has 0 saturated carbocycles. The second kappa shape index (κ2) is 10.2. The number of carbonyl (C=O) groups excluding carboxylic acids is 1. The minimum Gasteiger partial charge on any atom is -1.00 e. The van der Waals surface area contributed by atoms with E-state index in [4.69, 9.17) is 4.74 Å². The zero-order valence-corrected chi connectivity index (χ0v) is 17.8. The molecule has 10 heteroatoms. The van der Waals surface area contributed by atoms with Crippen LogP contribution in [0, 0.1) is 12.8 Å². The molecule has 1 atom stereocenters. The van der Waals surface area contributed by atoms with E-state index >= 15 is 0 Å². The second-order valence-electron chi connectivity index (χ2n) is 6.86. The quantitative estimate of drug-likeness (QED) is 0.388. The van der Waals surface area contributed by atoms with E-state index in [2.05, 4.69) is 0 Å². The van der Waals surface area contributed by atoms with Gasteiger partial charge in [0, 0.05) is 5.56 Å². The van der Waals surface area contributed by atoms with E-state index in [0.717, 1.165) is 0 Å². The number of rotatable bonds is 6. The van der Waals surface area contributed by atoms with Crippen LogP contribution in [0.1, 0.15) is 42.3 Å². The first-order valence-electron chi connectivity index (χ1n) is 8.63. The number of alkyl halides is 6. The molecule has 0 fully saturated rings. The number of carbonyl (C=O) groups is 1. The van der Waals surface area contributed by atoms with Crippen LogP contribution >= 0.6 is 8.58 Å². The Morgan fingerprint density at radius 3 is 2.00 bits per heavy atom. The number of hydrogen-bond donors (Lipinski definition) is 0. The topological polar surface area (TPSA) is 26.3 Å². The Bertz CT molecular complexity index is 868. The summed E-state index contributed by atoms with van der Waals surface area (Å²) in [5, 5.41) is 0.358. The van der Waals surface area contributed by atoms with Gasteiger partial charge in [0.05, 0.1) is 17.7 Å². The van der Waals surface area contributed by atoms with E-state index in [1.54, 1.807) is 19.1 Å². The summed E-state index contributed by atoms with van der Waals surface area (Å²) in [7, 11) is -0.895. The molecule has 2 aromatic rings. The molecule has 160 valence electrons. The van der Waals surface area contributed by atoms with Crippen molar-refractivity contribution >= 4 is 19.4 Å². The molecule has 2 aromatic carbocycles. The second-order valence-corrected chi connectivity index (χ2v) is 8.10. The van der Waals surface area contributed by atoms with E-state index in [0.29, 0.717) is 41.4 Å². The summed E-state index contributed by atoms with van der Waals surface area (Å²) < 4.78 is 85.1. The van der Waals surface area contributed by atoms with E-state index in [-0.39, 0.29) is 26.2 Å². The molecule has 0 amide bonds. The van der Waals surface area contributed by atoms with E-state index in [9.17, 15) is 31.1 Å². The summed E-state index contributed by atoms with van der Waals surface area (Å²) in [4.78, 5) is 12.6. The SMILES string of the molecule is Cc1cc(OCC(C)C)ccc1PC(=O)c1c(C(F)(F)F)cccc1C(F)(F)F.[H-].[Li+]. The number of hydrogen-bond acceptors (Lipinski definition) is 2. The van der Waals surface area contributed by atoms with Gasteiger partial charge in [-0.2, -0.15) is 26.3 Å². The molecule has 2 nitrogen and oxygen atoms in total. The van der Waals surface area contributed by atoms with Gasteiger partial charge in [-0.25, -0.2) is 0 Å². The summed E-state index contributed by atoms with van der Waals surface area (Å²) in [6.45, 7) is 5.99. The van der Waals surface area contributed by atoms with Crippen LogP contribution in [0.15, 0.2) is 36.4 Å². The van der Waals surface area contributed by atoms with Crippen LogP contribution in [-0.2, 0) is 12.4 Å². The van der Waals surface area contributed by atoms with Crippen molar-refractivity contribution < 1.29 is 56.2 Å². The third kappa shape index (κ3) is 6.77. The van der Waals surface area contributed by atoms with Crippen molar-refractivity contribution in [3.63, 3.8) is 0 Å². The molecular formula is C20H20F6LiO2P. The fourth-order valence-electron chi connectivity index (χ4n) is 2.58. The number of aryl methyl sites for hydroxylation is 1. The van der Waals surface area contributed by atoms with Crippen LogP contribution in [0.3, 0.4) is 0 Å². The van der Waals surface area contributed by atoms with Crippen molar-refractivity contribution in [2.24, 2.45) is 5.92 Å². The average Bonchev–Trinajstić information content (AvgIpc) is 2.59. The van der Waals surface area contributed by atoms with Gasteiger partial charge in [-0.05, 0) is 56.6 Å². The largest absolute Gasteiger partial charge is 1.00 e. The van der Waals surface area contributed by atoms with Crippen molar-refractivity contribution in [3.8, 4) is 5.75 Å². The molecule has 0 aliphatic rings. The van der Waals surface area contributed by atoms with E-state index < -0.39 is 43.1 Å². The molecule has 0 spiro atoms. The molecule has 2 rings (SSSR count). The fourth-order valence-corrected chi connectivity index (χ4v) is 3.66. The normalized spacial score (nSPS) is 12.3. The molecule has 0 bridgehead atoms. The standard InChI is InChI=1S/C20H19F6O2P.Li.H/c1-11(2)10-28-13-7-8-16(12(3)9-13)29-18(27)17-14(19(21,22)23)5-4-6-15(17)20(24,25)26;;/h4-9,11,29H,10H2,1-3H3;;/q;+1;-1. The van der Waals surface area contributed by atoms with E-state index in [1.165, 1.54) is 6.07 Å². The van der Waals surface area contributed by atoms with Crippen molar-refractivity contribution in [3.05, 3.63) is 58.7 Å². The predicted octanol–water partition coefficient (Wildman–Crippen LogP) is 3.33. The molecule has 0 heterocycles. The Kier molecular flexibility index (Phi) is 9.04. The third-order valence-electron chi connectivity index (χ3n) is 3.93. The van der Waals surface area contributed by atoms with Crippen molar-refractivity contribution in [2.45, 2.75) is 33.1 Å². The number of halogens is 6. The van der Waals surface area contributed by atoms with Crippen LogP contribution in [-0.4, -0.2) is 12.1 Å². The molecule has 1 unspecified atom stereocenters. The first kappa shape index (κ1) is 26.6. The minimum absolute atomic E-state index is 0. The van der Waals surface area contributed by atoms with Crippen LogP contribution in [0.25, 0.3) is 0 Å². The maximum Gasteiger partial charge on any atom is 1.00 e. The Labute approximate surface area is 185 Å².